The van der Waals surface area contributed by atoms with Crippen LogP contribution in [0.4, 0.5) is 0 Å². The lowest BCUT2D eigenvalue weighted by atomic mass is 9.95. The SMILES string of the molecule is CCC(C(=O)O)n1c(C(C)(C)C)nc2cc3c(cc21)OCO3. The van der Waals surface area contributed by atoms with Gasteiger partial charge in [0.25, 0.3) is 0 Å². The summed E-state index contributed by atoms with van der Waals surface area (Å²) in [6.07, 6.45) is 0.484. The summed E-state index contributed by atoms with van der Waals surface area (Å²) < 4.78 is 12.6. The molecule has 0 spiro atoms. The Morgan fingerprint density at radius 1 is 1.36 bits per heavy atom. The molecular formula is C16H20N2O4. The highest BCUT2D eigenvalue weighted by atomic mass is 16.7. The first-order valence-corrected chi connectivity index (χ1v) is 7.37. The Balaban J connectivity index is 2.32. The van der Waals surface area contributed by atoms with Crippen LogP contribution >= 0.6 is 0 Å². The van der Waals surface area contributed by atoms with Crippen molar-refractivity contribution in [2.45, 2.75) is 45.6 Å². The molecule has 6 heteroatoms. The molecule has 1 aromatic carbocycles. The van der Waals surface area contributed by atoms with Gasteiger partial charge in [-0.2, -0.15) is 0 Å². The van der Waals surface area contributed by atoms with Crippen LogP contribution in [0.2, 0.25) is 0 Å². The van der Waals surface area contributed by atoms with Crippen molar-refractivity contribution in [1.82, 2.24) is 9.55 Å². The van der Waals surface area contributed by atoms with E-state index in [1.807, 2.05) is 44.4 Å². The number of carboxylic acid groups (broad SMARTS) is 1. The summed E-state index contributed by atoms with van der Waals surface area (Å²) in [4.78, 5) is 16.4. The lowest BCUT2D eigenvalue weighted by Crippen LogP contribution is -2.26. The molecule has 0 aliphatic carbocycles. The van der Waals surface area contributed by atoms with Crippen molar-refractivity contribution in [3.05, 3.63) is 18.0 Å². The molecule has 1 aliphatic rings. The van der Waals surface area contributed by atoms with Crippen LogP contribution in [-0.2, 0) is 10.2 Å². The number of nitrogens with zero attached hydrogens (tertiary/aromatic N) is 2. The maximum absolute atomic E-state index is 11.7. The Hall–Kier alpha value is -2.24. The van der Waals surface area contributed by atoms with E-state index in [1.54, 1.807) is 0 Å². The fraction of sp³-hybridized carbons (Fsp3) is 0.500. The first-order valence-electron chi connectivity index (χ1n) is 7.37. The molecule has 22 heavy (non-hydrogen) atoms. The summed E-state index contributed by atoms with van der Waals surface area (Å²) in [6.45, 7) is 8.13. The normalized spacial score (nSPS) is 15.3. The van der Waals surface area contributed by atoms with Gasteiger partial charge >= 0.3 is 5.97 Å². The number of hydrogen-bond acceptors (Lipinski definition) is 4. The molecule has 1 aliphatic heterocycles. The number of benzene rings is 1. The lowest BCUT2D eigenvalue weighted by molar-refractivity contribution is -0.141. The third-order valence-corrected chi connectivity index (χ3v) is 3.84. The standard InChI is InChI=1S/C16H20N2O4/c1-5-10(14(19)20)18-11-7-13-12(21-8-22-13)6-9(11)17-15(18)16(2,3)4/h6-7,10H,5,8H2,1-4H3,(H,19,20). The molecule has 2 aromatic rings. The van der Waals surface area contributed by atoms with Gasteiger partial charge in [0.05, 0.1) is 11.0 Å². The fourth-order valence-electron chi connectivity index (χ4n) is 2.80. The highest BCUT2D eigenvalue weighted by Gasteiger charge is 2.30. The molecule has 0 bridgehead atoms. The number of imidazole rings is 1. The van der Waals surface area contributed by atoms with Crippen molar-refractivity contribution in [2.75, 3.05) is 6.79 Å². The average molecular weight is 304 g/mol. The van der Waals surface area contributed by atoms with E-state index in [0.29, 0.717) is 17.9 Å². The molecule has 1 unspecified atom stereocenters. The zero-order chi connectivity index (χ0) is 16.1. The van der Waals surface area contributed by atoms with Gasteiger partial charge < -0.3 is 19.1 Å². The molecule has 118 valence electrons. The Labute approximate surface area is 128 Å². The number of carbonyl (C=O) groups is 1. The van der Waals surface area contributed by atoms with Crippen molar-refractivity contribution in [2.24, 2.45) is 0 Å². The third-order valence-electron chi connectivity index (χ3n) is 3.84. The van der Waals surface area contributed by atoms with Crippen LogP contribution in [0.15, 0.2) is 12.1 Å². The molecule has 3 rings (SSSR count). The monoisotopic (exact) mass is 304 g/mol. The van der Waals surface area contributed by atoms with Crippen LogP contribution in [-0.4, -0.2) is 27.4 Å². The predicted octanol–water partition coefficient (Wildman–Crippen LogP) is 3.10. The van der Waals surface area contributed by atoms with Gasteiger partial charge in [-0.15, -0.1) is 0 Å². The number of aromatic nitrogens is 2. The van der Waals surface area contributed by atoms with Crippen LogP contribution in [0.1, 0.15) is 46.0 Å². The van der Waals surface area contributed by atoms with Gasteiger partial charge in [0, 0.05) is 17.5 Å². The summed E-state index contributed by atoms with van der Waals surface area (Å²) in [5.41, 5.74) is 1.23. The molecule has 6 nitrogen and oxygen atoms in total. The van der Waals surface area contributed by atoms with Gasteiger partial charge in [-0.25, -0.2) is 9.78 Å². The molecule has 0 saturated carbocycles. The van der Waals surface area contributed by atoms with Crippen LogP contribution < -0.4 is 9.47 Å². The smallest absolute Gasteiger partial charge is 0.326 e. The van der Waals surface area contributed by atoms with E-state index in [-0.39, 0.29) is 12.2 Å². The topological polar surface area (TPSA) is 73.6 Å². The Kier molecular flexibility index (Phi) is 3.27. The highest BCUT2D eigenvalue weighted by Crippen LogP contribution is 2.39. The maximum atomic E-state index is 11.7. The van der Waals surface area contributed by atoms with E-state index in [4.69, 9.17) is 9.47 Å². The number of hydrogen-bond donors (Lipinski definition) is 1. The van der Waals surface area contributed by atoms with Gasteiger partial charge in [-0.05, 0) is 6.42 Å². The second kappa shape index (κ2) is 4.90. The second-order valence-corrected chi connectivity index (χ2v) is 6.51. The molecule has 0 radical (unpaired) electrons. The number of fused-ring (bicyclic) bond motifs is 2. The van der Waals surface area contributed by atoms with Gasteiger partial charge in [0.2, 0.25) is 6.79 Å². The van der Waals surface area contributed by atoms with E-state index < -0.39 is 12.0 Å². The predicted molar refractivity (Wildman–Crippen MR) is 81.5 cm³/mol. The molecule has 0 saturated heterocycles. The fourth-order valence-corrected chi connectivity index (χ4v) is 2.80. The van der Waals surface area contributed by atoms with E-state index in [1.165, 1.54) is 0 Å². The highest BCUT2D eigenvalue weighted by molar-refractivity contribution is 5.84. The summed E-state index contributed by atoms with van der Waals surface area (Å²) >= 11 is 0. The Morgan fingerprint density at radius 2 is 2.00 bits per heavy atom. The summed E-state index contributed by atoms with van der Waals surface area (Å²) in [7, 11) is 0. The quantitative estimate of drug-likeness (QED) is 0.943. The Bertz CT molecular complexity index is 743. The van der Waals surface area contributed by atoms with Gasteiger partial charge in [0.15, 0.2) is 11.5 Å². The van der Waals surface area contributed by atoms with Crippen molar-refractivity contribution in [3.63, 3.8) is 0 Å². The summed E-state index contributed by atoms with van der Waals surface area (Å²) in [6, 6.07) is 2.99. The lowest BCUT2D eigenvalue weighted by Gasteiger charge is -2.23. The minimum absolute atomic E-state index is 0.185. The molecule has 2 heterocycles. The first kappa shape index (κ1) is 14.7. The van der Waals surface area contributed by atoms with Crippen molar-refractivity contribution in [1.29, 1.82) is 0 Å². The first-order chi connectivity index (χ1) is 10.3. The second-order valence-electron chi connectivity index (χ2n) is 6.51. The van der Waals surface area contributed by atoms with Gasteiger partial charge in [-0.1, -0.05) is 27.7 Å². The van der Waals surface area contributed by atoms with Crippen molar-refractivity contribution in [3.8, 4) is 11.5 Å². The number of aliphatic carboxylic acids is 1. The average Bonchev–Trinajstić information content (AvgIpc) is 3.00. The number of ether oxygens (including phenoxy) is 2. The molecule has 1 aromatic heterocycles. The molecular weight excluding hydrogens is 284 g/mol. The van der Waals surface area contributed by atoms with Crippen molar-refractivity contribution < 1.29 is 19.4 Å². The molecule has 0 amide bonds. The van der Waals surface area contributed by atoms with E-state index in [0.717, 1.165) is 16.9 Å². The van der Waals surface area contributed by atoms with E-state index >= 15 is 0 Å². The zero-order valence-corrected chi connectivity index (χ0v) is 13.2. The van der Waals surface area contributed by atoms with E-state index in [2.05, 4.69) is 4.98 Å². The maximum Gasteiger partial charge on any atom is 0.326 e. The van der Waals surface area contributed by atoms with Crippen LogP contribution in [0.3, 0.4) is 0 Å². The molecule has 1 N–H and O–H groups in total. The molecule has 0 fully saturated rings. The largest absolute Gasteiger partial charge is 0.480 e. The van der Waals surface area contributed by atoms with E-state index in [9.17, 15) is 9.90 Å². The zero-order valence-electron chi connectivity index (χ0n) is 13.2. The van der Waals surface area contributed by atoms with Crippen LogP contribution in [0.5, 0.6) is 11.5 Å². The third kappa shape index (κ3) is 2.19. The summed E-state index contributed by atoms with van der Waals surface area (Å²) in [5, 5.41) is 9.58. The minimum Gasteiger partial charge on any atom is -0.480 e. The summed E-state index contributed by atoms with van der Waals surface area (Å²) in [5.74, 6) is 1.18. The molecule has 1 atom stereocenters. The van der Waals surface area contributed by atoms with Gasteiger partial charge in [-0.3, -0.25) is 0 Å². The van der Waals surface area contributed by atoms with Gasteiger partial charge in [0.1, 0.15) is 11.9 Å². The van der Waals surface area contributed by atoms with Crippen LogP contribution in [0, 0.1) is 0 Å². The number of rotatable bonds is 3. The Morgan fingerprint density at radius 3 is 2.55 bits per heavy atom. The number of carboxylic acids is 1. The van der Waals surface area contributed by atoms with Crippen LogP contribution in [0.25, 0.3) is 11.0 Å². The van der Waals surface area contributed by atoms with Crippen molar-refractivity contribution >= 4 is 17.0 Å². The minimum atomic E-state index is -0.857.